The second-order valence-corrected chi connectivity index (χ2v) is 9.01. The monoisotopic (exact) mass is 527 g/mol. The van der Waals surface area contributed by atoms with Crippen molar-refractivity contribution >= 4 is 41.2 Å². The summed E-state index contributed by atoms with van der Waals surface area (Å²) in [6.07, 6.45) is 1.35. The van der Waals surface area contributed by atoms with Crippen molar-refractivity contribution in [2.24, 2.45) is 5.10 Å². The van der Waals surface area contributed by atoms with E-state index in [4.69, 9.17) is 32.7 Å². The minimum absolute atomic E-state index is 0.205. The van der Waals surface area contributed by atoms with Crippen LogP contribution in [0.4, 0.5) is 0 Å². The molecule has 2 N–H and O–H groups in total. The number of hydrogen-bond donors (Lipinski definition) is 2. The molecule has 0 unspecified atom stereocenters. The van der Waals surface area contributed by atoms with Crippen molar-refractivity contribution in [3.63, 3.8) is 0 Å². The molecule has 0 saturated heterocycles. The number of nitrogens with one attached hydrogen (secondary N) is 2. The molecule has 0 aliphatic carbocycles. The molecule has 0 bridgehead atoms. The van der Waals surface area contributed by atoms with Crippen molar-refractivity contribution in [1.82, 2.24) is 10.7 Å². The Kier molecular flexibility index (Phi) is 9.73. The highest BCUT2D eigenvalue weighted by molar-refractivity contribution is 6.35. The quantitative estimate of drug-likeness (QED) is 0.219. The van der Waals surface area contributed by atoms with Crippen LogP contribution in [0, 0.1) is 0 Å². The first-order valence-corrected chi connectivity index (χ1v) is 12.0. The molecule has 0 atom stereocenters. The minimum Gasteiger partial charge on any atom is -0.493 e. The second kappa shape index (κ2) is 13.0. The highest BCUT2D eigenvalue weighted by Crippen LogP contribution is 2.37. The lowest BCUT2D eigenvalue weighted by Crippen LogP contribution is -2.37. The molecule has 0 spiro atoms. The number of ether oxygens (including phenoxy) is 2. The van der Waals surface area contributed by atoms with Gasteiger partial charge in [0.1, 0.15) is 6.61 Å². The van der Waals surface area contributed by atoms with Gasteiger partial charge in [-0.25, -0.2) is 5.43 Å². The first kappa shape index (κ1) is 27.0. The number of amides is 2. The maximum Gasteiger partial charge on any atom is 0.329 e. The van der Waals surface area contributed by atoms with Crippen LogP contribution < -0.4 is 20.2 Å². The maximum absolute atomic E-state index is 12.1. The van der Waals surface area contributed by atoms with Gasteiger partial charge < -0.3 is 14.8 Å². The number of hydrazone groups is 1. The summed E-state index contributed by atoms with van der Waals surface area (Å²) >= 11 is 12.6. The van der Waals surface area contributed by atoms with Gasteiger partial charge in [-0.1, -0.05) is 79.5 Å². The Morgan fingerprint density at radius 3 is 2.39 bits per heavy atom. The first-order chi connectivity index (χ1) is 17.3. The predicted octanol–water partition coefficient (Wildman–Crippen LogP) is 5.47. The molecule has 0 saturated carbocycles. The predicted molar refractivity (Wildman–Crippen MR) is 142 cm³/mol. The normalized spacial score (nSPS) is 10.9. The van der Waals surface area contributed by atoms with Crippen LogP contribution in [0.1, 0.15) is 42.0 Å². The van der Waals surface area contributed by atoms with Gasteiger partial charge in [0.25, 0.3) is 0 Å². The SMILES string of the molecule is COc1cc(/C=N\NC(=O)C(=O)NCc2ccc(C(C)C)cc2)cc(Cl)c1OCc1ccccc1Cl. The van der Waals surface area contributed by atoms with Crippen LogP contribution in [-0.2, 0) is 22.7 Å². The molecule has 188 valence electrons. The van der Waals surface area contributed by atoms with Crippen LogP contribution in [-0.4, -0.2) is 25.1 Å². The zero-order valence-electron chi connectivity index (χ0n) is 20.2. The van der Waals surface area contributed by atoms with E-state index < -0.39 is 11.8 Å². The molecule has 3 aromatic carbocycles. The number of carbonyl (C=O) groups is 2. The smallest absolute Gasteiger partial charge is 0.329 e. The average molecular weight is 528 g/mol. The molecule has 3 rings (SSSR count). The Bertz CT molecular complexity index is 1240. The fraction of sp³-hybridized carbons (Fsp3) is 0.222. The second-order valence-electron chi connectivity index (χ2n) is 8.19. The molecule has 3 aromatic rings. The summed E-state index contributed by atoms with van der Waals surface area (Å²) in [5.74, 6) is -0.532. The van der Waals surface area contributed by atoms with Gasteiger partial charge in [0.15, 0.2) is 11.5 Å². The number of nitrogens with zero attached hydrogens (tertiary/aromatic N) is 1. The minimum atomic E-state index is -0.886. The zero-order valence-corrected chi connectivity index (χ0v) is 21.7. The fourth-order valence-electron chi connectivity index (χ4n) is 3.22. The van der Waals surface area contributed by atoms with Crippen LogP contribution in [0.2, 0.25) is 10.0 Å². The topological polar surface area (TPSA) is 89.0 Å². The number of benzene rings is 3. The van der Waals surface area contributed by atoms with Gasteiger partial charge in [-0.2, -0.15) is 5.10 Å². The van der Waals surface area contributed by atoms with Gasteiger partial charge in [-0.15, -0.1) is 0 Å². The Morgan fingerprint density at radius 2 is 1.72 bits per heavy atom. The third-order valence-corrected chi connectivity index (χ3v) is 5.92. The molecule has 9 heteroatoms. The molecular formula is C27H27Cl2N3O4. The number of rotatable bonds is 9. The van der Waals surface area contributed by atoms with Gasteiger partial charge >= 0.3 is 11.8 Å². The van der Waals surface area contributed by atoms with Crippen molar-refractivity contribution in [3.8, 4) is 11.5 Å². The summed E-state index contributed by atoms with van der Waals surface area (Å²) in [5.41, 5.74) is 5.64. The summed E-state index contributed by atoms with van der Waals surface area (Å²) in [6.45, 7) is 4.65. The Morgan fingerprint density at radius 1 is 1.00 bits per heavy atom. The van der Waals surface area contributed by atoms with E-state index >= 15 is 0 Å². The third-order valence-electron chi connectivity index (χ3n) is 5.27. The van der Waals surface area contributed by atoms with E-state index in [1.165, 1.54) is 18.9 Å². The highest BCUT2D eigenvalue weighted by Gasteiger charge is 2.14. The van der Waals surface area contributed by atoms with Crippen LogP contribution in [0.15, 0.2) is 65.8 Å². The molecule has 2 amide bonds. The van der Waals surface area contributed by atoms with Crippen LogP contribution >= 0.6 is 23.2 Å². The van der Waals surface area contributed by atoms with Crippen molar-refractivity contribution in [2.45, 2.75) is 32.9 Å². The number of carbonyl (C=O) groups excluding carboxylic acids is 2. The lowest BCUT2D eigenvalue weighted by atomic mass is 10.0. The summed E-state index contributed by atoms with van der Waals surface area (Å²) in [4.78, 5) is 24.2. The number of methoxy groups -OCH3 is 1. The summed E-state index contributed by atoms with van der Waals surface area (Å²) in [5, 5.41) is 7.28. The molecule has 0 heterocycles. The molecule has 0 fully saturated rings. The van der Waals surface area contributed by atoms with E-state index in [0.717, 1.165) is 11.1 Å². The summed E-state index contributed by atoms with van der Waals surface area (Å²) in [6, 6.07) is 18.4. The highest BCUT2D eigenvalue weighted by atomic mass is 35.5. The lowest BCUT2D eigenvalue weighted by Gasteiger charge is -2.14. The molecular weight excluding hydrogens is 501 g/mol. The van der Waals surface area contributed by atoms with Crippen molar-refractivity contribution in [1.29, 1.82) is 0 Å². The van der Waals surface area contributed by atoms with E-state index in [1.807, 2.05) is 42.5 Å². The molecule has 7 nitrogen and oxygen atoms in total. The van der Waals surface area contributed by atoms with Gasteiger partial charge in [-0.3, -0.25) is 9.59 Å². The number of hydrogen-bond acceptors (Lipinski definition) is 5. The molecule has 0 radical (unpaired) electrons. The molecule has 0 aromatic heterocycles. The van der Waals surface area contributed by atoms with Gasteiger partial charge in [-0.05, 0) is 40.8 Å². The van der Waals surface area contributed by atoms with Gasteiger partial charge in [0, 0.05) is 17.1 Å². The van der Waals surface area contributed by atoms with Crippen LogP contribution in [0.5, 0.6) is 11.5 Å². The van der Waals surface area contributed by atoms with E-state index in [2.05, 4.69) is 29.7 Å². The third kappa shape index (κ3) is 7.47. The average Bonchev–Trinajstić information content (AvgIpc) is 2.87. The molecule has 0 aliphatic rings. The van der Waals surface area contributed by atoms with Gasteiger partial charge in [0.2, 0.25) is 0 Å². The summed E-state index contributed by atoms with van der Waals surface area (Å²) < 4.78 is 11.2. The lowest BCUT2D eigenvalue weighted by molar-refractivity contribution is -0.139. The van der Waals surface area contributed by atoms with E-state index in [9.17, 15) is 9.59 Å². The zero-order chi connectivity index (χ0) is 26.1. The summed E-state index contributed by atoms with van der Waals surface area (Å²) in [7, 11) is 1.48. The first-order valence-electron chi connectivity index (χ1n) is 11.2. The van der Waals surface area contributed by atoms with Crippen molar-refractivity contribution in [3.05, 3.63) is 93.0 Å². The van der Waals surface area contributed by atoms with E-state index in [0.29, 0.717) is 28.0 Å². The largest absolute Gasteiger partial charge is 0.493 e. The van der Waals surface area contributed by atoms with E-state index in [1.54, 1.807) is 18.2 Å². The molecule has 36 heavy (non-hydrogen) atoms. The Hall–Kier alpha value is -3.55. The Balaban J connectivity index is 1.55. The van der Waals surface area contributed by atoms with Crippen LogP contribution in [0.3, 0.4) is 0 Å². The van der Waals surface area contributed by atoms with Gasteiger partial charge in [0.05, 0.1) is 18.3 Å². The maximum atomic E-state index is 12.1. The van der Waals surface area contributed by atoms with Crippen molar-refractivity contribution in [2.75, 3.05) is 7.11 Å². The standard InChI is InChI=1S/C27H27Cl2N3O4/c1-17(2)20-10-8-18(9-11-20)14-30-26(33)27(34)32-31-15-19-12-23(29)25(24(13-19)35-3)36-16-21-6-4-5-7-22(21)28/h4-13,15,17H,14,16H2,1-3H3,(H,30,33)(H,32,34)/b31-15-. The number of halogens is 2. The van der Waals surface area contributed by atoms with Crippen molar-refractivity contribution < 1.29 is 19.1 Å². The Labute approximate surface area is 220 Å². The molecule has 0 aliphatic heterocycles. The van der Waals surface area contributed by atoms with E-state index in [-0.39, 0.29) is 18.2 Å². The fourth-order valence-corrected chi connectivity index (χ4v) is 3.68. The van der Waals surface area contributed by atoms with Crippen LogP contribution in [0.25, 0.3) is 0 Å².